The number of halogens is 1. The van der Waals surface area contributed by atoms with Gasteiger partial charge in [-0.05, 0) is 42.3 Å². The molecule has 4 N–H and O–H groups in total. The lowest BCUT2D eigenvalue weighted by atomic mass is 10.1. The van der Waals surface area contributed by atoms with Gasteiger partial charge < -0.3 is 15.4 Å². The van der Waals surface area contributed by atoms with Crippen LogP contribution < -0.4 is 10.0 Å². The number of sulfonamides is 1. The van der Waals surface area contributed by atoms with Crippen LogP contribution in [0.25, 0.3) is 21.9 Å². The van der Waals surface area contributed by atoms with Gasteiger partial charge >= 0.3 is 5.97 Å². The number of nitrogen functional groups attached to an aromatic ring is 1. The maximum Gasteiger partial charge on any atom is 0.303 e. The molecule has 3 aromatic carbocycles. The summed E-state index contributed by atoms with van der Waals surface area (Å²) in [5, 5.41) is 17.5. The number of nitrogens with two attached hydrogens (primary N) is 1. The highest BCUT2D eigenvalue weighted by Gasteiger charge is 2.28. The second kappa shape index (κ2) is 11.9. The van der Waals surface area contributed by atoms with E-state index in [2.05, 4.69) is 4.98 Å². The molecular weight excluding hydrogens is 564 g/mol. The summed E-state index contributed by atoms with van der Waals surface area (Å²) >= 11 is 0. The van der Waals surface area contributed by atoms with Crippen LogP contribution in [0.3, 0.4) is 0 Å². The minimum absolute atomic E-state index is 0. The van der Waals surface area contributed by atoms with Gasteiger partial charge in [-0.2, -0.15) is 0 Å². The molecule has 2 aromatic heterocycles. The number of hydrogen-bond acceptors (Lipinski definition) is 6. The predicted octanol–water partition coefficient (Wildman–Crippen LogP) is 4.48. The van der Waals surface area contributed by atoms with E-state index in [0.717, 1.165) is 16.9 Å². The van der Waals surface area contributed by atoms with Gasteiger partial charge in [0.2, 0.25) is 0 Å². The Bertz CT molecular complexity index is 1850. The number of carbonyl (C=O) groups is 1. The quantitative estimate of drug-likeness (QED) is 0.159. The average molecular weight is 593 g/mol. The van der Waals surface area contributed by atoms with Gasteiger partial charge in [0.05, 0.1) is 22.2 Å². The van der Waals surface area contributed by atoms with Crippen LogP contribution in [-0.4, -0.2) is 46.4 Å². The maximum atomic E-state index is 14.0. The van der Waals surface area contributed by atoms with Crippen molar-refractivity contribution in [3.05, 3.63) is 95.9 Å². The number of aryl methyl sites for hydroxylation is 1. The summed E-state index contributed by atoms with van der Waals surface area (Å²) in [6.45, 7) is -0.0223. The summed E-state index contributed by atoms with van der Waals surface area (Å²) in [6.07, 6.45) is 2.04. The lowest BCUT2D eigenvalue weighted by molar-refractivity contribution is -0.137. The molecule has 2 heterocycles. The fourth-order valence-electron chi connectivity index (χ4n) is 4.70. The number of benzene rings is 3. The van der Waals surface area contributed by atoms with Crippen molar-refractivity contribution in [2.45, 2.75) is 24.2 Å². The molecular formula is C29H29ClN6O4S. The fourth-order valence-corrected chi connectivity index (χ4v) is 6.36. The second-order valence-electron chi connectivity index (χ2n) is 9.45. The molecule has 0 fully saturated rings. The molecule has 12 heteroatoms. The molecule has 0 aliphatic rings. The number of pyridine rings is 1. The summed E-state index contributed by atoms with van der Waals surface area (Å²) in [5.74, 6) is -0.212. The third kappa shape index (κ3) is 6.01. The van der Waals surface area contributed by atoms with Crippen LogP contribution in [0.5, 0.6) is 0 Å². The third-order valence-corrected chi connectivity index (χ3v) is 8.65. The van der Waals surface area contributed by atoms with Crippen molar-refractivity contribution in [3.8, 4) is 0 Å². The standard InChI is InChI=1S/C29H28N6O4S.ClH/c1-34-24-14-13-22(18-23(24)33-26(34)17-19-9-11-21(12-10-19)29(30)31)35(16-4-8-27(36)37)40(38,39)25-7-2-5-20-6-3-15-32-28(20)25;/h2-3,5-7,9-15,18H,4,8,16-17H2,1H3,(H3,30,31)(H,36,37);1H. The van der Waals surface area contributed by atoms with Gasteiger partial charge in [0.25, 0.3) is 10.0 Å². The first-order valence-corrected chi connectivity index (χ1v) is 14.1. The molecule has 0 spiro atoms. The normalized spacial score (nSPS) is 11.3. The van der Waals surface area contributed by atoms with Crippen molar-refractivity contribution in [2.24, 2.45) is 12.8 Å². The van der Waals surface area contributed by atoms with Crippen LogP contribution in [0.4, 0.5) is 5.69 Å². The first-order valence-electron chi connectivity index (χ1n) is 12.6. The zero-order valence-corrected chi connectivity index (χ0v) is 23.8. The summed E-state index contributed by atoms with van der Waals surface area (Å²) in [5.41, 5.74) is 9.38. The van der Waals surface area contributed by atoms with Crippen LogP contribution in [0, 0.1) is 5.41 Å². The predicted molar refractivity (Wildman–Crippen MR) is 161 cm³/mol. The van der Waals surface area contributed by atoms with Gasteiger partial charge in [0.1, 0.15) is 16.6 Å². The number of fused-ring (bicyclic) bond motifs is 2. The number of aromatic nitrogens is 3. The number of rotatable bonds is 10. The molecule has 0 unspecified atom stereocenters. The lowest BCUT2D eigenvalue weighted by Gasteiger charge is -2.25. The number of carboxylic acids is 1. The van der Waals surface area contributed by atoms with E-state index in [1.807, 2.05) is 29.8 Å². The number of imidazole rings is 1. The zero-order chi connectivity index (χ0) is 28.4. The Kier molecular flexibility index (Phi) is 8.60. The Morgan fingerprint density at radius 3 is 2.51 bits per heavy atom. The smallest absolute Gasteiger partial charge is 0.303 e. The van der Waals surface area contributed by atoms with Gasteiger partial charge in [-0.1, -0.05) is 42.5 Å². The Morgan fingerprint density at radius 2 is 1.80 bits per heavy atom. The minimum Gasteiger partial charge on any atom is -0.481 e. The van der Waals surface area contributed by atoms with Crippen molar-refractivity contribution >= 4 is 61.9 Å². The zero-order valence-electron chi connectivity index (χ0n) is 22.2. The van der Waals surface area contributed by atoms with E-state index < -0.39 is 16.0 Å². The first kappa shape index (κ1) is 29.5. The number of nitrogens with one attached hydrogen (secondary N) is 1. The molecule has 0 aliphatic carbocycles. The van der Waals surface area contributed by atoms with E-state index in [0.29, 0.717) is 34.1 Å². The van der Waals surface area contributed by atoms with Crippen LogP contribution in [0.1, 0.15) is 29.8 Å². The van der Waals surface area contributed by atoms with Gasteiger partial charge in [0.15, 0.2) is 0 Å². The summed E-state index contributed by atoms with van der Waals surface area (Å²) in [7, 11) is -2.19. The molecule has 0 bridgehead atoms. The Hall–Kier alpha value is -4.48. The summed E-state index contributed by atoms with van der Waals surface area (Å²) < 4.78 is 31.3. The highest BCUT2D eigenvalue weighted by molar-refractivity contribution is 7.93. The molecule has 5 rings (SSSR count). The number of anilines is 1. The maximum absolute atomic E-state index is 14.0. The van der Waals surface area contributed by atoms with E-state index in [1.165, 1.54) is 10.4 Å². The van der Waals surface area contributed by atoms with Crippen molar-refractivity contribution in [2.75, 3.05) is 10.8 Å². The molecule has 0 atom stereocenters. The van der Waals surface area contributed by atoms with Crippen molar-refractivity contribution in [3.63, 3.8) is 0 Å². The second-order valence-corrected chi connectivity index (χ2v) is 11.3. The molecule has 0 amide bonds. The first-order chi connectivity index (χ1) is 19.1. The van der Waals surface area contributed by atoms with E-state index >= 15 is 0 Å². The summed E-state index contributed by atoms with van der Waals surface area (Å²) in [4.78, 5) is 20.4. The van der Waals surface area contributed by atoms with Gasteiger partial charge in [0, 0.05) is 43.6 Å². The Balaban J connectivity index is 0.00000387. The molecule has 0 aliphatic heterocycles. The van der Waals surface area contributed by atoms with E-state index in [-0.39, 0.29) is 42.5 Å². The van der Waals surface area contributed by atoms with Crippen LogP contribution >= 0.6 is 12.4 Å². The minimum atomic E-state index is -4.09. The average Bonchev–Trinajstić information content (AvgIpc) is 3.24. The van der Waals surface area contributed by atoms with Crippen LogP contribution in [0.15, 0.2) is 83.9 Å². The lowest BCUT2D eigenvalue weighted by Crippen LogP contribution is -2.32. The number of hydrogen-bond donors (Lipinski definition) is 3. The Morgan fingerprint density at radius 1 is 1.07 bits per heavy atom. The van der Waals surface area contributed by atoms with E-state index in [1.54, 1.807) is 54.7 Å². The number of para-hydroxylation sites is 1. The molecule has 41 heavy (non-hydrogen) atoms. The topological polar surface area (TPSA) is 155 Å². The van der Waals surface area contributed by atoms with Gasteiger partial charge in [-0.3, -0.25) is 19.5 Å². The SMILES string of the molecule is Cl.Cn1c(Cc2ccc(C(=N)N)cc2)nc2cc(N(CCCC(=O)O)S(=O)(=O)c3cccc4cccnc34)ccc21. The van der Waals surface area contributed by atoms with Crippen molar-refractivity contribution in [1.29, 1.82) is 5.41 Å². The van der Waals surface area contributed by atoms with E-state index in [9.17, 15) is 18.3 Å². The van der Waals surface area contributed by atoms with Gasteiger partial charge in [-0.25, -0.2) is 13.4 Å². The van der Waals surface area contributed by atoms with Crippen LogP contribution in [-0.2, 0) is 28.3 Å². The fraction of sp³-hybridized carbons (Fsp3) is 0.172. The van der Waals surface area contributed by atoms with Crippen molar-refractivity contribution in [1.82, 2.24) is 14.5 Å². The molecule has 0 radical (unpaired) electrons. The van der Waals surface area contributed by atoms with E-state index in [4.69, 9.17) is 16.1 Å². The Labute approximate surface area is 243 Å². The molecule has 212 valence electrons. The number of aliphatic carboxylic acids is 1. The molecule has 10 nitrogen and oxygen atoms in total. The van der Waals surface area contributed by atoms with Crippen molar-refractivity contribution < 1.29 is 18.3 Å². The third-order valence-electron chi connectivity index (χ3n) is 6.79. The number of carboxylic acid groups (broad SMARTS) is 1. The monoisotopic (exact) mass is 592 g/mol. The number of nitrogens with zero attached hydrogens (tertiary/aromatic N) is 4. The molecule has 0 saturated heterocycles. The largest absolute Gasteiger partial charge is 0.481 e. The van der Waals surface area contributed by atoms with Gasteiger partial charge in [-0.15, -0.1) is 12.4 Å². The molecule has 5 aromatic rings. The molecule has 0 saturated carbocycles. The summed E-state index contributed by atoms with van der Waals surface area (Å²) in [6, 6.07) is 21.2. The highest BCUT2D eigenvalue weighted by Crippen LogP contribution is 2.31. The highest BCUT2D eigenvalue weighted by atomic mass is 35.5. The number of amidine groups is 1. The van der Waals surface area contributed by atoms with Crippen LogP contribution in [0.2, 0.25) is 0 Å².